The minimum absolute atomic E-state index is 0.00371. The Morgan fingerprint density at radius 3 is 2.20 bits per heavy atom. The first-order chi connectivity index (χ1) is 20.8. The minimum atomic E-state index is -4.73. The molecule has 3 aromatic rings. The van der Waals surface area contributed by atoms with Gasteiger partial charge in [0.25, 0.3) is 10.0 Å². The fraction of sp³-hybridized carbons (Fsp3) is 0.394. The summed E-state index contributed by atoms with van der Waals surface area (Å²) in [5.41, 5.74) is 1.09. The van der Waals surface area contributed by atoms with Crippen LogP contribution in [-0.4, -0.2) is 43.8 Å². The number of aryl methyl sites for hydroxylation is 2. The number of hydrogen-bond donors (Lipinski definition) is 1. The number of nitrogens with one attached hydrogen (secondary N) is 1. The number of amides is 2. The van der Waals surface area contributed by atoms with Gasteiger partial charge < -0.3 is 10.2 Å². The molecule has 0 radical (unpaired) electrons. The Kier molecular flexibility index (Phi) is 10.4. The minimum Gasteiger partial charge on any atom is -0.352 e. The van der Waals surface area contributed by atoms with Crippen molar-refractivity contribution in [3.8, 4) is 0 Å². The lowest BCUT2D eigenvalue weighted by atomic mass is 10.1. The Bertz CT molecular complexity index is 1570. The first-order valence-electron chi connectivity index (χ1n) is 14.7. The number of rotatable bonds is 11. The molecule has 1 atom stereocenters. The lowest BCUT2D eigenvalue weighted by Crippen LogP contribution is -2.53. The van der Waals surface area contributed by atoms with E-state index in [0.29, 0.717) is 10.4 Å². The van der Waals surface area contributed by atoms with Crippen LogP contribution in [0.3, 0.4) is 0 Å². The highest BCUT2D eigenvalue weighted by atomic mass is 32.2. The van der Waals surface area contributed by atoms with E-state index in [1.54, 1.807) is 26.0 Å². The van der Waals surface area contributed by atoms with Crippen LogP contribution >= 0.6 is 0 Å². The molecule has 0 aromatic heterocycles. The summed E-state index contributed by atoms with van der Waals surface area (Å²) < 4.78 is 69.7. The summed E-state index contributed by atoms with van der Waals surface area (Å²) in [5, 5.41) is 3.04. The summed E-state index contributed by atoms with van der Waals surface area (Å²) in [4.78, 5) is 28.9. The third-order valence-corrected chi connectivity index (χ3v) is 9.66. The van der Waals surface area contributed by atoms with Crippen LogP contribution in [0.2, 0.25) is 0 Å². The van der Waals surface area contributed by atoms with Crippen LogP contribution in [0, 0.1) is 13.8 Å². The van der Waals surface area contributed by atoms with Crippen molar-refractivity contribution in [3.05, 3.63) is 95.1 Å². The van der Waals surface area contributed by atoms with E-state index in [1.807, 2.05) is 31.2 Å². The van der Waals surface area contributed by atoms with Crippen molar-refractivity contribution < 1.29 is 31.2 Å². The van der Waals surface area contributed by atoms with Crippen molar-refractivity contribution in [1.82, 2.24) is 10.2 Å². The third kappa shape index (κ3) is 7.99. The average Bonchev–Trinajstić information content (AvgIpc) is 3.48. The van der Waals surface area contributed by atoms with Crippen LogP contribution in [0.4, 0.5) is 18.9 Å². The standard InChI is InChI=1S/C33H38F3N3O4S/c1-4-30(32(41)37-27-12-5-6-13-27)38(21-25-10-7-9-24(3)19-25)31(40)22-39(28-14-8-11-26(20-28)33(34,35)36)44(42,43)29-17-15-23(2)16-18-29/h7-11,14-20,27,30H,4-6,12-13,21-22H2,1-3H3,(H,37,41)/t30-/m0/s1. The Morgan fingerprint density at radius 2 is 1.59 bits per heavy atom. The van der Waals surface area contributed by atoms with Gasteiger partial charge in [-0.3, -0.25) is 13.9 Å². The monoisotopic (exact) mass is 629 g/mol. The molecule has 11 heteroatoms. The van der Waals surface area contributed by atoms with E-state index < -0.39 is 40.3 Å². The number of hydrogen-bond acceptors (Lipinski definition) is 4. The normalized spacial score (nSPS) is 14.7. The van der Waals surface area contributed by atoms with Gasteiger partial charge in [0.1, 0.15) is 12.6 Å². The van der Waals surface area contributed by atoms with Crippen molar-refractivity contribution in [1.29, 1.82) is 0 Å². The van der Waals surface area contributed by atoms with E-state index in [1.165, 1.54) is 23.1 Å². The molecule has 1 fully saturated rings. The molecule has 0 unspecified atom stereocenters. The molecular formula is C33H38F3N3O4S. The maximum Gasteiger partial charge on any atom is 0.416 e. The van der Waals surface area contributed by atoms with Gasteiger partial charge in [-0.15, -0.1) is 0 Å². The van der Waals surface area contributed by atoms with Crippen LogP contribution in [0.1, 0.15) is 61.3 Å². The van der Waals surface area contributed by atoms with E-state index in [4.69, 9.17) is 0 Å². The number of nitrogens with zero attached hydrogens (tertiary/aromatic N) is 2. The van der Waals surface area contributed by atoms with E-state index in [-0.39, 0.29) is 35.5 Å². The Balaban J connectivity index is 1.76. The van der Waals surface area contributed by atoms with Crippen LogP contribution in [-0.2, 0) is 32.3 Å². The summed E-state index contributed by atoms with van der Waals surface area (Å²) in [7, 11) is -4.49. The van der Waals surface area contributed by atoms with E-state index in [0.717, 1.165) is 54.5 Å². The van der Waals surface area contributed by atoms with Crippen molar-refractivity contribution in [3.63, 3.8) is 0 Å². The Morgan fingerprint density at radius 1 is 0.932 bits per heavy atom. The molecule has 0 spiro atoms. The summed E-state index contributed by atoms with van der Waals surface area (Å²) in [6, 6.07) is 16.2. The molecule has 0 aliphatic heterocycles. The van der Waals surface area contributed by atoms with Crippen molar-refractivity contribution >= 4 is 27.5 Å². The van der Waals surface area contributed by atoms with Crippen LogP contribution in [0.25, 0.3) is 0 Å². The van der Waals surface area contributed by atoms with Crippen molar-refractivity contribution in [2.45, 2.75) is 82.6 Å². The Labute approximate surface area is 257 Å². The van der Waals surface area contributed by atoms with Gasteiger partial charge in [-0.2, -0.15) is 13.2 Å². The smallest absolute Gasteiger partial charge is 0.352 e. The highest BCUT2D eigenvalue weighted by Crippen LogP contribution is 2.33. The van der Waals surface area contributed by atoms with Gasteiger partial charge in [0.05, 0.1) is 16.1 Å². The number of halogens is 3. The zero-order valence-electron chi connectivity index (χ0n) is 25.1. The quantitative estimate of drug-likeness (QED) is 0.267. The maximum atomic E-state index is 14.2. The predicted molar refractivity (Wildman–Crippen MR) is 163 cm³/mol. The number of alkyl halides is 3. The van der Waals surface area contributed by atoms with Crippen LogP contribution < -0.4 is 9.62 Å². The predicted octanol–water partition coefficient (Wildman–Crippen LogP) is 6.38. The van der Waals surface area contributed by atoms with Gasteiger partial charge in [-0.05, 0) is 69.0 Å². The summed E-state index contributed by atoms with van der Waals surface area (Å²) in [5.74, 6) is -1.06. The SMILES string of the molecule is CC[C@@H](C(=O)NC1CCCC1)N(Cc1cccc(C)c1)C(=O)CN(c1cccc(C(F)(F)F)c1)S(=O)(=O)c1ccc(C)cc1. The second kappa shape index (κ2) is 13.8. The average molecular weight is 630 g/mol. The summed E-state index contributed by atoms with van der Waals surface area (Å²) in [6.45, 7) is 4.64. The van der Waals surface area contributed by atoms with Gasteiger partial charge in [0, 0.05) is 12.6 Å². The molecule has 2 amide bonds. The maximum absolute atomic E-state index is 14.2. The fourth-order valence-electron chi connectivity index (χ4n) is 5.50. The lowest BCUT2D eigenvalue weighted by molar-refractivity contribution is -0.140. The molecule has 1 aliphatic carbocycles. The van der Waals surface area contributed by atoms with Gasteiger partial charge >= 0.3 is 6.18 Å². The zero-order valence-corrected chi connectivity index (χ0v) is 25.9. The topological polar surface area (TPSA) is 86.8 Å². The summed E-state index contributed by atoms with van der Waals surface area (Å²) in [6.07, 6.45) is -0.808. The number of carbonyl (C=O) groups is 2. The van der Waals surface area contributed by atoms with Gasteiger partial charge in [0.2, 0.25) is 11.8 Å². The third-order valence-electron chi connectivity index (χ3n) is 7.87. The first-order valence-corrected chi connectivity index (χ1v) is 16.2. The van der Waals surface area contributed by atoms with E-state index in [9.17, 15) is 31.2 Å². The molecule has 0 bridgehead atoms. The second-order valence-corrected chi connectivity index (χ2v) is 13.2. The molecule has 4 rings (SSSR count). The molecule has 0 heterocycles. The number of carbonyl (C=O) groups excluding carboxylic acids is 2. The van der Waals surface area contributed by atoms with E-state index >= 15 is 0 Å². The Hall–Kier alpha value is -3.86. The summed E-state index contributed by atoms with van der Waals surface area (Å²) >= 11 is 0. The second-order valence-electron chi connectivity index (χ2n) is 11.3. The van der Waals surface area contributed by atoms with Crippen molar-refractivity contribution in [2.24, 2.45) is 0 Å². The molecule has 44 heavy (non-hydrogen) atoms. The molecule has 1 N–H and O–H groups in total. The van der Waals surface area contributed by atoms with Crippen LogP contribution in [0.5, 0.6) is 0 Å². The highest BCUT2D eigenvalue weighted by Gasteiger charge is 2.36. The van der Waals surface area contributed by atoms with Gasteiger partial charge in [-0.25, -0.2) is 8.42 Å². The molecule has 236 valence electrons. The fourth-order valence-corrected chi connectivity index (χ4v) is 6.90. The highest BCUT2D eigenvalue weighted by molar-refractivity contribution is 7.92. The first kappa shape index (κ1) is 33.0. The molecule has 1 saturated carbocycles. The molecule has 3 aromatic carbocycles. The number of sulfonamides is 1. The number of anilines is 1. The lowest BCUT2D eigenvalue weighted by Gasteiger charge is -2.34. The number of benzene rings is 3. The molecule has 1 aliphatic rings. The molecular weight excluding hydrogens is 591 g/mol. The van der Waals surface area contributed by atoms with Gasteiger partial charge in [0.15, 0.2) is 0 Å². The zero-order chi connectivity index (χ0) is 32.1. The largest absolute Gasteiger partial charge is 0.416 e. The van der Waals surface area contributed by atoms with Crippen LogP contribution in [0.15, 0.2) is 77.7 Å². The molecule has 7 nitrogen and oxygen atoms in total. The van der Waals surface area contributed by atoms with Crippen molar-refractivity contribution in [2.75, 3.05) is 10.8 Å². The van der Waals surface area contributed by atoms with E-state index in [2.05, 4.69) is 5.32 Å². The molecule has 0 saturated heterocycles. The van der Waals surface area contributed by atoms with Gasteiger partial charge in [-0.1, -0.05) is 73.4 Å².